The third-order valence-corrected chi connectivity index (χ3v) is 5.07. The lowest BCUT2D eigenvalue weighted by atomic mass is 10.6. The van der Waals surface area contributed by atoms with Gasteiger partial charge in [-0.25, -0.2) is 18.4 Å². The maximum Gasteiger partial charge on any atom is 0.271 e. The zero-order valence-corrected chi connectivity index (χ0v) is 11.2. The molecule has 2 aromatic rings. The van der Waals surface area contributed by atoms with Crippen molar-refractivity contribution in [3.63, 3.8) is 0 Å². The number of nitrogens with one attached hydrogen (secondary N) is 1. The van der Waals surface area contributed by atoms with Gasteiger partial charge in [0.25, 0.3) is 10.0 Å². The molecule has 9 heteroatoms. The quantitative estimate of drug-likeness (QED) is 0.885. The molecule has 0 radical (unpaired) electrons. The molecule has 17 heavy (non-hydrogen) atoms. The molecule has 0 aliphatic carbocycles. The summed E-state index contributed by atoms with van der Waals surface area (Å²) >= 11 is 12.6. The Morgan fingerprint density at radius 1 is 1.24 bits per heavy atom. The number of hydrogen-bond acceptors (Lipinski definition) is 5. The van der Waals surface area contributed by atoms with Crippen molar-refractivity contribution < 1.29 is 8.42 Å². The van der Waals surface area contributed by atoms with Gasteiger partial charge in [0, 0.05) is 0 Å². The molecule has 5 nitrogen and oxygen atoms in total. The van der Waals surface area contributed by atoms with Gasteiger partial charge >= 0.3 is 0 Å². The van der Waals surface area contributed by atoms with Gasteiger partial charge < -0.3 is 0 Å². The summed E-state index contributed by atoms with van der Waals surface area (Å²) in [7, 11) is -3.70. The van der Waals surface area contributed by atoms with E-state index in [4.69, 9.17) is 23.2 Å². The van der Waals surface area contributed by atoms with Crippen LogP contribution in [0.3, 0.4) is 0 Å². The number of sulfonamides is 1. The molecule has 2 heterocycles. The van der Waals surface area contributed by atoms with Crippen molar-refractivity contribution in [2.75, 3.05) is 4.72 Å². The van der Waals surface area contributed by atoms with Gasteiger partial charge in [-0.05, 0) is 11.4 Å². The van der Waals surface area contributed by atoms with Gasteiger partial charge in [0.2, 0.25) is 0 Å². The fraction of sp³-hybridized carbons (Fsp3) is 0. The van der Waals surface area contributed by atoms with Gasteiger partial charge in [-0.15, -0.1) is 11.3 Å². The van der Waals surface area contributed by atoms with Crippen LogP contribution in [0.2, 0.25) is 10.3 Å². The first-order valence-corrected chi connectivity index (χ1v) is 7.35. The number of rotatable bonds is 3. The van der Waals surface area contributed by atoms with E-state index < -0.39 is 10.0 Å². The molecule has 0 aliphatic rings. The average Bonchev–Trinajstić information content (AvgIpc) is 2.77. The second-order valence-corrected chi connectivity index (χ2v) is 6.44. The molecule has 90 valence electrons. The van der Waals surface area contributed by atoms with Gasteiger partial charge in [-0.1, -0.05) is 29.3 Å². The van der Waals surface area contributed by atoms with Gasteiger partial charge in [-0.2, -0.15) is 0 Å². The Morgan fingerprint density at radius 2 is 1.88 bits per heavy atom. The SMILES string of the molecule is O=S(=O)(Nc1c(Cl)ncnc1Cl)c1cccs1. The van der Waals surface area contributed by atoms with Gasteiger partial charge in [0.1, 0.15) is 16.2 Å². The number of thiophene rings is 1. The molecule has 0 unspecified atom stereocenters. The first-order chi connectivity index (χ1) is 8.00. The summed E-state index contributed by atoms with van der Waals surface area (Å²) in [6.07, 6.45) is 1.15. The zero-order valence-electron chi connectivity index (χ0n) is 8.09. The van der Waals surface area contributed by atoms with E-state index in [1.807, 2.05) is 0 Å². The number of hydrogen-bond donors (Lipinski definition) is 1. The highest BCUT2D eigenvalue weighted by atomic mass is 35.5. The van der Waals surface area contributed by atoms with Gasteiger partial charge in [-0.3, -0.25) is 4.72 Å². The van der Waals surface area contributed by atoms with Crippen LogP contribution in [-0.2, 0) is 10.0 Å². The summed E-state index contributed by atoms with van der Waals surface area (Å²) in [4.78, 5) is 7.30. The highest BCUT2D eigenvalue weighted by molar-refractivity contribution is 7.94. The minimum Gasteiger partial charge on any atom is -0.273 e. The Balaban J connectivity index is 2.40. The second-order valence-electron chi connectivity index (χ2n) is 2.87. The Morgan fingerprint density at radius 3 is 2.41 bits per heavy atom. The number of nitrogens with zero attached hydrogens (tertiary/aromatic N) is 2. The van der Waals surface area contributed by atoms with Crippen LogP contribution in [0.15, 0.2) is 28.0 Å². The molecule has 0 fully saturated rings. The molecule has 0 bridgehead atoms. The van der Waals surface area contributed by atoms with Crippen LogP contribution in [-0.4, -0.2) is 18.4 Å². The largest absolute Gasteiger partial charge is 0.273 e. The number of aromatic nitrogens is 2. The predicted octanol–water partition coefficient (Wildman–Crippen LogP) is 2.65. The predicted molar refractivity (Wildman–Crippen MR) is 67.2 cm³/mol. The monoisotopic (exact) mass is 309 g/mol. The average molecular weight is 310 g/mol. The van der Waals surface area contributed by atoms with E-state index >= 15 is 0 Å². The van der Waals surface area contributed by atoms with Crippen molar-refractivity contribution in [3.05, 3.63) is 34.1 Å². The lowest BCUT2D eigenvalue weighted by molar-refractivity contribution is 0.603. The Kier molecular flexibility index (Phi) is 3.53. The van der Waals surface area contributed by atoms with E-state index in [0.717, 1.165) is 17.7 Å². The molecule has 0 amide bonds. The summed E-state index contributed by atoms with van der Waals surface area (Å²) in [5.41, 5.74) is -0.0239. The minimum absolute atomic E-state index is 0.0239. The fourth-order valence-corrected chi connectivity index (χ4v) is 3.62. The third kappa shape index (κ3) is 2.68. The van der Waals surface area contributed by atoms with E-state index in [9.17, 15) is 8.42 Å². The van der Waals surface area contributed by atoms with E-state index in [1.54, 1.807) is 11.4 Å². The minimum atomic E-state index is -3.70. The fourth-order valence-electron chi connectivity index (χ4n) is 1.03. The third-order valence-electron chi connectivity index (χ3n) is 1.75. The van der Waals surface area contributed by atoms with Crippen molar-refractivity contribution >= 4 is 50.2 Å². The molecule has 0 aromatic carbocycles. The standard InChI is InChI=1S/C8H5Cl2N3O2S2/c9-7-6(8(10)12-4-11-7)13-17(14,15)5-2-1-3-16-5/h1-4,13H. The van der Waals surface area contributed by atoms with E-state index in [2.05, 4.69) is 14.7 Å². The molecule has 0 saturated heterocycles. The van der Waals surface area contributed by atoms with E-state index in [1.165, 1.54) is 6.07 Å². The number of halogens is 2. The first kappa shape index (κ1) is 12.6. The van der Waals surface area contributed by atoms with Gasteiger partial charge in [0.15, 0.2) is 10.3 Å². The summed E-state index contributed by atoms with van der Waals surface area (Å²) in [6.45, 7) is 0. The van der Waals surface area contributed by atoms with Crippen molar-refractivity contribution in [1.29, 1.82) is 0 Å². The molecule has 1 N–H and O–H groups in total. The lowest BCUT2D eigenvalue weighted by Gasteiger charge is -2.07. The van der Waals surface area contributed by atoms with Crippen molar-refractivity contribution in [2.45, 2.75) is 4.21 Å². The summed E-state index contributed by atoms with van der Waals surface area (Å²) in [5.74, 6) is 0. The molecule has 0 atom stereocenters. The molecular formula is C8H5Cl2N3O2S2. The van der Waals surface area contributed by atoms with Crippen LogP contribution in [0.5, 0.6) is 0 Å². The van der Waals surface area contributed by atoms with Crippen molar-refractivity contribution in [3.8, 4) is 0 Å². The maximum atomic E-state index is 11.9. The summed E-state index contributed by atoms with van der Waals surface area (Å²) in [6, 6.07) is 3.10. The summed E-state index contributed by atoms with van der Waals surface area (Å²) < 4.78 is 26.2. The highest BCUT2D eigenvalue weighted by Crippen LogP contribution is 2.29. The molecule has 0 saturated carbocycles. The van der Waals surface area contributed by atoms with Crippen molar-refractivity contribution in [1.82, 2.24) is 9.97 Å². The van der Waals surface area contributed by atoms with Crippen LogP contribution >= 0.6 is 34.5 Å². The maximum absolute atomic E-state index is 11.9. The molecule has 0 spiro atoms. The van der Waals surface area contributed by atoms with Gasteiger partial charge in [0.05, 0.1) is 0 Å². The molecular weight excluding hydrogens is 305 g/mol. The van der Waals surface area contributed by atoms with E-state index in [0.29, 0.717) is 0 Å². The van der Waals surface area contributed by atoms with Crippen molar-refractivity contribution in [2.24, 2.45) is 0 Å². The van der Waals surface area contributed by atoms with Crippen LogP contribution in [0, 0.1) is 0 Å². The zero-order chi connectivity index (χ0) is 12.5. The highest BCUT2D eigenvalue weighted by Gasteiger charge is 2.19. The lowest BCUT2D eigenvalue weighted by Crippen LogP contribution is -2.12. The van der Waals surface area contributed by atoms with Crippen LogP contribution in [0.25, 0.3) is 0 Å². The smallest absolute Gasteiger partial charge is 0.271 e. The van der Waals surface area contributed by atoms with Crippen LogP contribution < -0.4 is 4.72 Å². The summed E-state index contributed by atoms with van der Waals surface area (Å²) in [5, 5.41) is 1.55. The topological polar surface area (TPSA) is 72.0 Å². The Labute approximate surface area is 111 Å². The Hall–Kier alpha value is -0.890. The van der Waals surface area contributed by atoms with Crippen LogP contribution in [0.4, 0.5) is 5.69 Å². The second kappa shape index (κ2) is 4.77. The van der Waals surface area contributed by atoms with E-state index in [-0.39, 0.29) is 20.2 Å². The normalized spacial score (nSPS) is 11.4. The number of anilines is 1. The molecule has 2 aromatic heterocycles. The Bertz CT molecular complexity index is 608. The van der Waals surface area contributed by atoms with Crippen LogP contribution in [0.1, 0.15) is 0 Å². The molecule has 2 rings (SSSR count). The molecule has 0 aliphatic heterocycles. The first-order valence-electron chi connectivity index (χ1n) is 4.23.